The first-order valence-electron chi connectivity index (χ1n) is 29.0. The Morgan fingerprint density at radius 2 is 0.549 bits per heavy atom. The van der Waals surface area contributed by atoms with Crippen LogP contribution >= 0.6 is 0 Å². The highest BCUT2D eigenvalue weighted by atomic mass is 16.5. The van der Waals surface area contributed by atoms with Gasteiger partial charge in [-0.3, -0.25) is 14.8 Å². The average Bonchev–Trinajstić information content (AvgIpc) is 3.36. The Morgan fingerprint density at radius 3 is 0.746 bits per heavy atom. The van der Waals surface area contributed by atoms with Crippen LogP contribution in [0.1, 0.15) is 208 Å². The van der Waals surface area contributed by atoms with Gasteiger partial charge in [0, 0.05) is 0 Å². The number of benzene rings is 4. The third-order valence-corrected chi connectivity index (χ3v) is 13.6. The normalized spacial score (nSPS) is 11.4. The standard InChI is InChI=1S/C62H101N3O6/c1-10-15-20-25-31-38-66-56-44-50-51-45-57(67-39-32-26-21-16-11-2)59(69-41-34-28-23-18-13-4)47-53(51)55-49-61(71-43-36-30-37-63-62(64(6)7)65(8)9)60(70-42-35-29-24-19-14-5)48-54(55)52(50)46-58(56)68-40-33-27-22-17-12-3/h44-49H,10-43H2,1-9H3/p+1. The predicted octanol–water partition coefficient (Wildman–Crippen LogP) is 16.8. The van der Waals surface area contributed by atoms with Crippen molar-refractivity contribution in [1.82, 2.24) is 10.2 Å². The van der Waals surface area contributed by atoms with Gasteiger partial charge < -0.3 is 28.4 Å². The van der Waals surface area contributed by atoms with Crippen LogP contribution in [0.4, 0.5) is 0 Å². The van der Waals surface area contributed by atoms with E-state index in [2.05, 4.69) is 114 Å². The summed E-state index contributed by atoms with van der Waals surface area (Å²) in [4.78, 5) is 2.12. The van der Waals surface area contributed by atoms with Crippen molar-refractivity contribution in [2.24, 2.45) is 0 Å². The molecule has 400 valence electrons. The van der Waals surface area contributed by atoms with Crippen molar-refractivity contribution in [2.45, 2.75) is 208 Å². The van der Waals surface area contributed by atoms with E-state index in [1.807, 2.05) is 0 Å². The maximum absolute atomic E-state index is 6.80. The van der Waals surface area contributed by atoms with Gasteiger partial charge in [0.15, 0.2) is 34.5 Å². The zero-order valence-corrected chi connectivity index (χ0v) is 46.8. The molecule has 0 radical (unpaired) electrons. The van der Waals surface area contributed by atoms with Crippen molar-refractivity contribution in [1.29, 1.82) is 0 Å². The first-order valence-corrected chi connectivity index (χ1v) is 29.0. The number of ether oxygens (including phenoxy) is 6. The molecule has 0 aliphatic rings. The van der Waals surface area contributed by atoms with Crippen LogP contribution in [0.25, 0.3) is 32.3 Å². The molecule has 0 fully saturated rings. The minimum Gasteiger partial charge on any atom is -0.490 e. The highest BCUT2D eigenvalue weighted by Crippen LogP contribution is 2.47. The van der Waals surface area contributed by atoms with Gasteiger partial charge in [-0.05, 0) is 114 Å². The fourth-order valence-electron chi connectivity index (χ4n) is 9.46. The second kappa shape index (κ2) is 35.8. The number of nitrogens with one attached hydrogen (secondary N) is 1. The maximum atomic E-state index is 6.80. The van der Waals surface area contributed by atoms with Crippen molar-refractivity contribution < 1.29 is 33.0 Å². The van der Waals surface area contributed by atoms with Crippen molar-refractivity contribution in [3.8, 4) is 34.5 Å². The van der Waals surface area contributed by atoms with E-state index in [9.17, 15) is 0 Å². The molecule has 0 atom stereocenters. The van der Waals surface area contributed by atoms with Gasteiger partial charge in [-0.15, -0.1) is 0 Å². The summed E-state index contributed by atoms with van der Waals surface area (Å²) in [6.45, 7) is 16.1. The first-order chi connectivity index (χ1) is 34.8. The van der Waals surface area contributed by atoms with Crippen molar-refractivity contribution in [3.63, 3.8) is 0 Å². The van der Waals surface area contributed by atoms with Crippen molar-refractivity contribution in [3.05, 3.63) is 36.4 Å². The number of hydrogen-bond acceptors (Lipinski definition) is 6. The highest BCUT2D eigenvalue weighted by Gasteiger charge is 2.21. The third-order valence-electron chi connectivity index (χ3n) is 13.6. The molecular formula is C62H102N3O6+. The van der Waals surface area contributed by atoms with E-state index in [0.29, 0.717) is 39.6 Å². The number of fused-ring (bicyclic) bond motifs is 6. The molecule has 0 heterocycles. The van der Waals surface area contributed by atoms with E-state index in [4.69, 9.17) is 28.4 Å². The lowest BCUT2D eigenvalue weighted by Crippen LogP contribution is -2.42. The summed E-state index contributed by atoms with van der Waals surface area (Å²) >= 11 is 0. The quantitative estimate of drug-likeness (QED) is 0.0155. The molecule has 1 N–H and O–H groups in total. The van der Waals surface area contributed by atoms with Gasteiger partial charge in [-0.25, -0.2) is 0 Å². The highest BCUT2D eigenvalue weighted by molar-refractivity contribution is 6.26. The molecule has 0 amide bonds. The molecule has 0 saturated carbocycles. The second-order valence-corrected chi connectivity index (χ2v) is 20.4. The number of rotatable bonds is 41. The monoisotopic (exact) mass is 985 g/mol. The third kappa shape index (κ3) is 21.0. The lowest BCUT2D eigenvalue weighted by molar-refractivity contribution is -0.472. The molecular weight excluding hydrogens is 883 g/mol. The lowest BCUT2D eigenvalue weighted by Gasteiger charge is -2.21. The minimum absolute atomic E-state index is 0.586. The molecule has 9 nitrogen and oxygen atoms in total. The molecule has 71 heavy (non-hydrogen) atoms. The Balaban J connectivity index is 1.90. The molecule has 0 aromatic heterocycles. The van der Waals surface area contributed by atoms with Crippen LogP contribution in [-0.4, -0.2) is 89.8 Å². The van der Waals surface area contributed by atoms with Gasteiger partial charge in [-0.2, -0.15) is 0 Å². The largest absolute Gasteiger partial charge is 0.490 e. The van der Waals surface area contributed by atoms with Gasteiger partial charge in [0.2, 0.25) is 0 Å². The Bertz CT molecular complexity index is 2040. The summed E-state index contributed by atoms with van der Waals surface area (Å²) in [7, 11) is 8.29. The summed E-state index contributed by atoms with van der Waals surface area (Å²) in [6.07, 6.45) is 31.4. The van der Waals surface area contributed by atoms with Crippen LogP contribution in [0.2, 0.25) is 0 Å². The Kier molecular flexibility index (Phi) is 29.9. The number of guanidine groups is 1. The summed E-state index contributed by atoms with van der Waals surface area (Å²) in [5.74, 6) is 5.91. The molecule has 0 saturated heterocycles. The fourth-order valence-corrected chi connectivity index (χ4v) is 9.46. The van der Waals surface area contributed by atoms with Crippen LogP contribution in [-0.2, 0) is 0 Å². The molecule has 0 bridgehead atoms. The molecule has 9 heteroatoms. The van der Waals surface area contributed by atoms with Crippen molar-refractivity contribution >= 4 is 38.3 Å². The van der Waals surface area contributed by atoms with E-state index < -0.39 is 0 Å². The lowest BCUT2D eigenvalue weighted by atomic mass is 9.93. The van der Waals surface area contributed by atoms with Gasteiger partial charge >= 0.3 is 5.96 Å². The summed E-state index contributed by atoms with van der Waals surface area (Å²) in [5, 5.41) is 10.2. The maximum Gasteiger partial charge on any atom is 0.347 e. The molecule has 0 spiro atoms. The average molecular weight is 986 g/mol. The smallest absolute Gasteiger partial charge is 0.347 e. The Labute approximate surface area is 433 Å². The van der Waals surface area contributed by atoms with E-state index in [1.54, 1.807) is 0 Å². The molecule has 4 aromatic carbocycles. The van der Waals surface area contributed by atoms with E-state index in [1.165, 1.54) is 96.3 Å². The molecule has 0 aliphatic heterocycles. The predicted molar refractivity (Wildman–Crippen MR) is 304 cm³/mol. The zero-order valence-electron chi connectivity index (χ0n) is 46.8. The minimum atomic E-state index is 0.586. The summed E-state index contributed by atoms with van der Waals surface area (Å²) in [6, 6.07) is 13.5. The van der Waals surface area contributed by atoms with Gasteiger partial charge in [0.25, 0.3) is 0 Å². The Hall–Kier alpha value is -4.27. The van der Waals surface area contributed by atoms with Crippen LogP contribution in [0.3, 0.4) is 0 Å². The van der Waals surface area contributed by atoms with Gasteiger partial charge in [0.05, 0.1) is 74.4 Å². The van der Waals surface area contributed by atoms with E-state index in [-0.39, 0.29) is 0 Å². The second-order valence-electron chi connectivity index (χ2n) is 20.4. The SMILES string of the molecule is CCCCCCCOc1cc2c3cc(OCCCCCCC)c(OCCCCCCC)cc3c3cc(OCCCCNC(N(C)C)=[N+](C)C)c(OCCCCCCC)cc3c2cc1OCCCCCCC. The van der Waals surface area contributed by atoms with Gasteiger partial charge in [0.1, 0.15) is 0 Å². The molecule has 0 unspecified atom stereocenters. The molecule has 0 aliphatic carbocycles. The van der Waals surface area contributed by atoms with Crippen molar-refractivity contribution in [2.75, 3.05) is 74.4 Å². The van der Waals surface area contributed by atoms with E-state index >= 15 is 0 Å². The van der Waals surface area contributed by atoms with Gasteiger partial charge in [-0.1, -0.05) is 163 Å². The molecule has 4 rings (SSSR count). The van der Waals surface area contributed by atoms with Crippen LogP contribution in [0.5, 0.6) is 34.5 Å². The Morgan fingerprint density at radius 1 is 0.338 bits per heavy atom. The zero-order chi connectivity index (χ0) is 50.9. The molecule has 4 aromatic rings. The number of hydrogen-bond donors (Lipinski definition) is 1. The van der Waals surface area contributed by atoms with Crippen LogP contribution in [0.15, 0.2) is 36.4 Å². The summed E-state index contributed by atoms with van der Waals surface area (Å²) in [5.41, 5.74) is 0. The topological polar surface area (TPSA) is 73.7 Å². The summed E-state index contributed by atoms with van der Waals surface area (Å²) < 4.78 is 42.7. The van der Waals surface area contributed by atoms with E-state index in [0.717, 1.165) is 156 Å². The van der Waals surface area contributed by atoms with Crippen LogP contribution in [0, 0.1) is 0 Å². The first kappa shape index (κ1) is 59.3. The fraction of sp³-hybridized carbons (Fsp3) is 0.694. The van der Waals surface area contributed by atoms with Crippen LogP contribution < -0.4 is 33.7 Å². The number of nitrogens with zero attached hydrogens (tertiary/aromatic N) is 2. The number of unbranched alkanes of at least 4 members (excludes halogenated alkanes) is 21.